The van der Waals surface area contributed by atoms with E-state index in [1.807, 2.05) is 31.7 Å². The summed E-state index contributed by atoms with van der Waals surface area (Å²) in [5.41, 5.74) is 2.72. The molecule has 1 amide bonds. The Bertz CT molecular complexity index is 534. The Morgan fingerprint density at radius 1 is 1.38 bits per heavy atom. The highest BCUT2D eigenvalue weighted by atomic mass is 79.9. The predicted octanol–water partition coefficient (Wildman–Crippen LogP) is -1.72. The Morgan fingerprint density at radius 3 is 2.62 bits per heavy atom. The fraction of sp³-hybridized carbons (Fsp3) is 0.571. The van der Waals surface area contributed by atoms with Gasteiger partial charge in [-0.1, -0.05) is 0 Å². The molecule has 1 aromatic heterocycles. The minimum atomic E-state index is -0.403. The Labute approximate surface area is 135 Å². The third-order valence-corrected chi connectivity index (χ3v) is 3.36. The van der Waals surface area contributed by atoms with E-state index in [0.29, 0.717) is 19.0 Å². The van der Waals surface area contributed by atoms with E-state index in [9.17, 15) is 4.79 Å². The van der Waals surface area contributed by atoms with Crippen LogP contribution in [0.4, 0.5) is 4.79 Å². The lowest BCUT2D eigenvalue weighted by Crippen LogP contribution is -3.00. The zero-order valence-electron chi connectivity index (χ0n) is 13.0. The summed E-state index contributed by atoms with van der Waals surface area (Å²) in [6, 6.07) is 0. The Morgan fingerprint density at radius 2 is 2.00 bits per heavy atom. The van der Waals surface area contributed by atoms with Gasteiger partial charge in [0.05, 0.1) is 18.8 Å². The minimum Gasteiger partial charge on any atom is -1.00 e. The van der Waals surface area contributed by atoms with Gasteiger partial charge < -0.3 is 36.1 Å². The SMILES string of the molecule is Cc1c(OC(=O)N(C)C)c2c(c[n+]1C)COC(C)OC2.[Br-]. The quantitative estimate of drug-likeness (QED) is 0.559. The van der Waals surface area contributed by atoms with Crippen molar-refractivity contribution < 1.29 is 40.6 Å². The first-order chi connectivity index (χ1) is 9.40. The van der Waals surface area contributed by atoms with E-state index in [4.69, 9.17) is 14.2 Å². The molecule has 6 nitrogen and oxygen atoms in total. The molecule has 1 aliphatic heterocycles. The van der Waals surface area contributed by atoms with Gasteiger partial charge in [-0.05, 0) is 6.92 Å². The van der Waals surface area contributed by atoms with E-state index in [-0.39, 0.29) is 23.3 Å². The largest absolute Gasteiger partial charge is 1.00 e. The summed E-state index contributed by atoms with van der Waals surface area (Å²) in [5.74, 6) is 0.557. The van der Waals surface area contributed by atoms with Gasteiger partial charge in [0.25, 0.3) is 0 Å². The number of ether oxygens (including phenoxy) is 3. The molecule has 1 atom stereocenters. The Kier molecular flexibility index (Phi) is 6.12. The standard InChI is InChI=1S/C14H21N2O4.BrH/c1-9-13(20-14(17)15(3)4)12-8-19-10(2)18-7-11(12)6-16(9)5;/h6,10H,7-8H2,1-5H3;1H/q+1;/p-1. The van der Waals surface area contributed by atoms with Crippen LogP contribution in [0.25, 0.3) is 0 Å². The van der Waals surface area contributed by atoms with Gasteiger partial charge in [-0.25, -0.2) is 9.36 Å². The monoisotopic (exact) mass is 360 g/mol. The molecule has 118 valence electrons. The van der Waals surface area contributed by atoms with Crippen LogP contribution in [0.3, 0.4) is 0 Å². The normalized spacial score (nSPS) is 17.3. The van der Waals surface area contributed by atoms with Gasteiger partial charge in [-0.3, -0.25) is 0 Å². The molecule has 1 aromatic rings. The van der Waals surface area contributed by atoms with Crippen molar-refractivity contribution in [1.82, 2.24) is 4.90 Å². The maximum Gasteiger partial charge on any atom is 0.414 e. The number of halogens is 1. The second kappa shape index (κ2) is 7.20. The lowest BCUT2D eigenvalue weighted by atomic mass is 10.1. The van der Waals surface area contributed by atoms with Crippen LogP contribution < -0.4 is 26.3 Å². The first-order valence-corrected chi connectivity index (χ1v) is 6.53. The molecule has 0 aromatic carbocycles. The number of carbonyl (C=O) groups is 1. The smallest absolute Gasteiger partial charge is 0.414 e. The number of carbonyl (C=O) groups excluding carboxylic acids is 1. The summed E-state index contributed by atoms with van der Waals surface area (Å²) in [4.78, 5) is 13.2. The number of aromatic nitrogens is 1. The zero-order chi connectivity index (χ0) is 14.9. The average Bonchev–Trinajstić information content (AvgIpc) is 2.57. The van der Waals surface area contributed by atoms with E-state index in [2.05, 4.69) is 0 Å². The summed E-state index contributed by atoms with van der Waals surface area (Å²) in [7, 11) is 5.22. The summed E-state index contributed by atoms with van der Waals surface area (Å²) in [5, 5.41) is 0. The second-order valence-electron chi connectivity index (χ2n) is 5.11. The van der Waals surface area contributed by atoms with Gasteiger partial charge in [0, 0.05) is 26.6 Å². The van der Waals surface area contributed by atoms with Crippen LogP contribution in [0.15, 0.2) is 6.20 Å². The summed E-state index contributed by atoms with van der Waals surface area (Å²) in [6.45, 7) is 4.57. The third kappa shape index (κ3) is 3.93. The highest BCUT2D eigenvalue weighted by molar-refractivity contribution is 5.70. The molecule has 2 rings (SSSR count). The number of aryl methyl sites for hydroxylation is 1. The van der Waals surface area contributed by atoms with Crippen LogP contribution in [0.2, 0.25) is 0 Å². The van der Waals surface area contributed by atoms with Crippen molar-refractivity contribution in [2.45, 2.75) is 33.4 Å². The zero-order valence-corrected chi connectivity index (χ0v) is 14.6. The van der Waals surface area contributed by atoms with Crippen molar-refractivity contribution in [3.8, 4) is 5.75 Å². The highest BCUT2D eigenvalue weighted by Gasteiger charge is 2.26. The predicted molar refractivity (Wildman–Crippen MR) is 71.1 cm³/mol. The Hall–Kier alpha value is -1.18. The molecule has 7 heteroatoms. The average molecular weight is 361 g/mol. The van der Waals surface area contributed by atoms with Gasteiger partial charge in [-0.2, -0.15) is 0 Å². The molecule has 2 heterocycles. The van der Waals surface area contributed by atoms with E-state index in [0.717, 1.165) is 16.8 Å². The molecule has 1 aliphatic rings. The fourth-order valence-corrected chi connectivity index (χ4v) is 1.99. The number of fused-ring (bicyclic) bond motifs is 1. The van der Waals surface area contributed by atoms with Crippen LogP contribution in [-0.2, 0) is 29.7 Å². The molecule has 0 radical (unpaired) electrons. The van der Waals surface area contributed by atoms with Gasteiger partial charge in [0.1, 0.15) is 7.05 Å². The molecule has 0 fully saturated rings. The number of pyridine rings is 1. The van der Waals surface area contributed by atoms with E-state index >= 15 is 0 Å². The first-order valence-electron chi connectivity index (χ1n) is 6.53. The van der Waals surface area contributed by atoms with Gasteiger partial charge in [0.15, 0.2) is 12.5 Å². The van der Waals surface area contributed by atoms with Crippen LogP contribution in [0, 0.1) is 6.92 Å². The first kappa shape index (κ1) is 17.9. The maximum absolute atomic E-state index is 11.8. The molecular formula is C14H21BrN2O4. The lowest BCUT2D eigenvalue weighted by Gasteiger charge is -2.15. The Balaban J connectivity index is 0.00000220. The van der Waals surface area contributed by atoms with Crippen molar-refractivity contribution in [3.63, 3.8) is 0 Å². The second-order valence-corrected chi connectivity index (χ2v) is 5.11. The topological polar surface area (TPSA) is 51.9 Å². The van der Waals surface area contributed by atoms with Crippen LogP contribution in [-0.4, -0.2) is 31.4 Å². The molecular weight excluding hydrogens is 340 g/mol. The molecule has 1 unspecified atom stereocenters. The van der Waals surface area contributed by atoms with Gasteiger partial charge >= 0.3 is 6.09 Å². The van der Waals surface area contributed by atoms with Crippen molar-refractivity contribution >= 4 is 6.09 Å². The van der Waals surface area contributed by atoms with Crippen molar-refractivity contribution in [1.29, 1.82) is 0 Å². The molecule has 21 heavy (non-hydrogen) atoms. The number of hydrogen-bond donors (Lipinski definition) is 0. The van der Waals surface area contributed by atoms with E-state index < -0.39 is 6.09 Å². The third-order valence-electron chi connectivity index (χ3n) is 3.36. The van der Waals surface area contributed by atoms with Gasteiger partial charge in [0.2, 0.25) is 11.4 Å². The summed E-state index contributed by atoms with van der Waals surface area (Å²) >= 11 is 0. The van der Waals surface area contributed by atoms with Crippen LogP contribution in [0.1, 0.15) is 23.7 Å². The van der Waals surface area contributed by atoms with Crippen molar-refractivity contribution in [2.75, 3.05) is 14.1 Å². The fourth-order valence-electron chi connectivity index (χ4n) is 1.99. The van der Waals surface area contributed by atoms with E-state index in [1.165, 1.54) is 4.90 Å². The molecule has 0 N–H and O–H groups in total. The number of hydrogen-bond acceptors (Lipinski definition) is 4. The molecule has 0 aliphatic carbocycles. The summed E-state index contributed by atoms with van der Waals surface area (Å²) in [6.07, 6.45) is 1.31. The van der Waals surface area contributed by atoms with Crippen molar-refractivity contribution in [2.24, 2.45) is 7.05 Å². The number of rotatable bonds is 1. The van der Waals surface area contributed by atoms with Crippen molar-refractivity contribution in [3.05, 3.63) is 23.0 Å². The van der Waals surface area contributed by atoms with Crippen LogP contribution >= 0.6 is 0 Å². The van der Waals surface area contributed by atoms with Crippen LogP contribution in [0.5, 0.6) is 5.75 Å². The number of amides is 1. The molecule has 0 spiro atoms. The molecule has 0 bridgehead atoms. The lowest BCUT2D eigenvalue weighted by molar-refractivity contribution is -0.678. The highest BCUT2D eigenvalue weighted by Crippen LogP contribution is 2.28. The van der Waals surface area contributed by atoms with E-state index in [1.54, 1.807) is 14.1 Å². The molecule has 0 saturated heterocycles. The van der Waals surface area contributed by atoms with Gasteiger partial charge in [-0.15, -0.1) is 0 Å². The molecule has 0 saturated carbocycles. The summed E-state index contributed by atoms with van der Waals surface area (Å²) < 4.78 is 18.5. The minimum absolute atomic E-state index is 0. The maximum atomic E-state index is 11.8. The number of nitrogens with zero attached hydrogens (tertiary/aromatic N) is 2.